The molecule has 4 heteroatoms. The summed E-state index contributed by atoms with van der Waals surface area (Å²) in [6.45, 7) is 3.41. The number of likely N-dealkylation sites (N-methyl/N-ethyl adjacent to an activating group) is 1. The first kappa shape index (κ1) is 13.7. The summed E-state index contributed by atoms with van der Waals surface area (Å²) < 4.78 is 4.86. The van der Waals surface area contributed by atoms with Crippen molar-refractivity contribution in [2.75, 3.05) is 20.2 Å². The fourth-order valence-electron chi connectivity index (χ4n) is 1.62. The van der Waals surface area contributed by atoms with Crippen LogP contribution in [0.3, 0.4) is 0 Å². The summed E-state index contributed by atoms with van der Waals surface area (Å²) in [5.41, 5.74) is 6.94. The first-order valence-electron chi connectivity index (χ1n) is 5.78. The fraction of sp³-hybridized carbons (Fsp3) is 0.462. The second-order valence-electron chi connectivity index (χ2n) is 4.04. The number of hydrogen-bond acceptors (Lipinski definition) is 4. The van der Waals surface area contributed by atoms with Crippen LogP contribution in [0, 0.1) is 0 Å². The number of esters is 1. The minimum atomic E-state index is -0.580. The Kier molecular flexibility index (Phi) is 5.66. The highest BCUT2D eigenvalue weighted by atomic mass is 16.5. The van der Waals surface area contributed by atoms with Crippen LogP contribution in [-0.2, 0) is 16.1 Å². The molecule has 0 saturated heterocycles. The van der Waals surface area contributed by atoms with Crippen LogP contribution >= 0.6 is 0 Å². The van der Waals surface area contributed by atoms with Crippen LogP contribution in [0.4, 0.5) is 0 Å². The van der Waals surface area contributed by atoms with E-state index in [9.17, 15) is 4.79 Å². The fourth-order valence-corrected chi connectivity index (χ4v) is 1.62. The molecule has 0 radical (unpaired) electrons. The summed E-state index contributed by atoms with van der Waals surface area (Å²) in [5.74, 6) is -0.340. The van der Waals surface area contributed by atoms with Gasteiger partial charge in [-0.05, 0) is 19.5 Å². The summed E-state index contributed by atoms with van der Waals surface area (Å²) in [7, 11) is 1.94. The van der Waals surface area contributed by atoms with Crippen molar-refractivity contribution in [1.29, 1.82) is 0 Å². The largest absolute Gasteiger partial charge is 0.465 e. The van der Waals surface area contributed by atoms with Gasteiger partial charge in [0.25, 0.3) is 0 Å². The Balaban J connectivity index is 2.39. The van der Waals surface area contributed by atoms with E-state index in [1.165, 1.54) is 5.56 Å². The van der Waals surface area contributed by atoms with E-state index in [0.717, 1.165) is 6.54 Å². The molecule has 0 aliphatic heterocycles. The van der Waals surface area contributed by atoms with Crippen LogP contribution in [-0.4, -0.2) is 37.1 Å². The van der Waals surface area contributed by atoms with E-state index in [1.54, 1.807) is 6.92 Å². The van der Waals surface area contributed by atoms with Crippen LogP contribution in [0.25, 0.3) is 0 Å². The van der Waals surface area contributed by atoms with E-state index in [4.69, 9.17) is 10.5 Å². The lowest BCUT2D eigenvalue weighted by Crippen LogP contribution is -2.42. The third-order valence-electron chi connectivity index (χ3n) is 2.39. The summed E-state index contributed by atoms with van der Waals surface area (Å²) >= 11 is 0. The van der Waals surface area contributed by atoms with Gasteiger partial charge in [-0.15, -0.1) is 0 Å². The Morgan fingerprint density at radius 1 is 1.41 bits per heavy atom. The first-order valence-corrected chi connectivity index (χ1v) is 5.78. The Bertz CT molecular complexity index is 341. The van der Waals surface area contributed by atoms with Gasteiger partial charge in [-0.2, -0.15) is 0 Å². The molecule has 1 aromatic rings. The van der Waals surface area contributed by atoms with E-state index >= 15 is 0 Å². The van der Waals surface area contributed by atoms with Crippen molar-refractivity contribution in [2.45, 2.75) is 19.5 Å². The Hall–Kier alpha value is -1.39. The maximum Gasteiger partial charge on any atom is 0.324 e. The monoisotopic (exact) mass is 236 g/mol. The van der Waals surface area contributed by atoms with Gasteiger partial charge in [0, 0.05) is 13.1 Å². The van der Waals surface area contributed by atoms with Gasteiger partial charge in [0.1, 0.15) is 6.04 Å². The molecule has 1 atom stereocenters. The number of benzene rings is 1. The van der Waals surface area contributed by atoms with Crippen molar-refractivity contribution >= 4 is 5.97 Å². The summed E-state index contributed by atoms with van der Waals surface area (Å²) in [6, 6.07) is 9.49. The number of hydrogen-bond donors (Lipinski definition) is 1. The molecule has 17 heavy (non-hydrogen) atoms. The average Bonchev–Trinajstić information content (AvgIpc) is 2.30. The number of nitrogens with two attached hydrogens (primary N) is 1. The normalized spacial score (nSPS) is 12.5. The van der Waals surface area contributed by atoms with Gasteiger partial charge >= 0.3 is 5.97 Å². The molecule has 94 valence electrons. The highest BCUT2D eigenvalue weighted by molar-refractivity contribution is 5.75. The van der Waals surface area contributed by atoms with E-state index in [1.807, 2.05) is 42.3 Å². The molecular formula is C13H20N2O2. The zero-order chi connectivity index (χ0) is 12.7. The molecule has 4 nitrogen and oxygen atoms in total. The molecule has 0 spiro atoms. The molecule has 1 rings (SSSR count). The van der Waals surface area contributed by atoms with Crippen molar-refractivity contribution in [2.24, 2.45) is 5.73 Å². The third kappa shape index (κ3) is 4.97. The van der Waals surface area contributed by atoms with Crippen molar-refractivity contribution in [1.82, 2.24) is 4.90 Å². The summed E-state index contributed by atoms with van der Waals surface area (Å²) in [6.07, 6.45) is 0. The van der Waals surface area contributed by atoms with Crippen molar-refractivity contribution < 1.29 is 9.53 Å². The van der Waals surface area contributed by atoms with E-state index in [2.05, 4.69) is 0 Å². The Morgan fingerprint density at radius 2 is 2.06 bits per heavy atom. The second kappa shape index (κ2) is 7.04. The van der Waals surface area contributed by atoms with Gasteiger partial charge in [-0.3, -0.25) is 9.69 Å². The molecule has 1 unspecified atom stereocenters. The third-order valence-corrected chi connectivity index (χ3v) is 2.39. The van der Waals surface area contributed by atoms with E-state index in [0.29, 0.717) is 13.2 Å². The van der Waals surface area contributed by atoms with Crippen molar-refractivity contribution in [3.63, 3.8) is 0 Å². The predicted molar refractivity (Wildman–Crippen MR) is 67.4 cm³/mol. The molecule has 0 aliphatic carbocycles. The average molecular weight is 236 g/mol. The number of carbonyl (C=O) groups is 1. The van der Waals surface area contributed by atoms with Gasteiger partial charge in [-0.1, -0.05) is 30.3 Å². The maximum absolute atomic E-state index is 11.4. The molecule has 0 heterocycles. The number of rotatable bonds is 6. The van der Waals surface area contributed by atoms with Crippen LogP contribution in [0.1, 0.15) is 12.5 Å². The minimum Gasteiger partial charge on any atom is -0.465 e. The molecule has 0 fully saturated rings. The van der Waals surface area contributed by atoms with Gasteiger partial charge in [-0.25, -0.2) is 0 Å². The van der Waals surface area contributed by atoms with Crippen molar-refractivity contribution in [3.05, 3.63) is 35.9 Å². The van der Waals surface area contributed by atoms with E-state index in [-0.39, 0.29) is 5.97 Å². The molecule has 0 amide bonds. The summed E-state index contributed by atoms with van der Waals surface area (Å²) in [5, 5.41) is 0. The molecule has 2 N–H and O–H groups in total. The SMILES string of the molecule is CCOC(=O)C(N)CN(C)Cc1ccccc1. The standard InChI is InChI=1S/C13H20N2O2/c1-3-17-13(16)12(14)10-15(2)9-11-7-5-4-6-8-11/h4-8,12H,3,9-10,14H2,1-2H3. The van der Waals surface area contributed by atoms with Gasteiger partial charge in [0.15, 0.2) is 0 Å². The zero-order valence-electron chi connectivity index (χ0n) is 10.4. The van der Waals surface area contributed by atoms with E-state index < -0.39 is 6.04 Å². The molecule has 1 aromatic carbocycles. The smallest absolute Gasteiger partial charge is 0.324 e. The van der Waals surface area contributed by atoms with Crippen molar-refractivity contribution in [3.8, 4) is 0 Å². The highest BCUT2D eigenvalue weighted by Gasteiger charge is 2.16. The minimum absolute atomic E-state index is 0.340. The van der Waals surface area contributed by atoms with Crippen LogP contribution in [0.5, 0.6) is 0 Å². The number of nitrogens with zero attached hydrogens (tertiary/aromatic N) is 1. The van der Waals surface area contributed by atoms with Gasteiger partial charge < -0.3 is 10.5 Å². The van der Waals surface area contributed by atoms with Gasteiger partial charge in [0.2, 0.25) is 0 Å². The van der Waals surface area contributed by atoms with Crippen LogP contribution in [0.15, 0.2) is 30.3 Å². The lowest BCUT2D eigenvalue weighted by molar-refractivity contribution is -0.145. The van der Waals surface area contributed by atoms with Crippen LogP contribution in [0.2, 0.25) is 0 Å². The lowest BCUT2D eigenvalue weighted by atomic mass is 10.2. The molecule has 0 aliphatic rings. The second-order valence-corrected chi connectivity index (χ2v) is 4.04. The quantitative estimate of drug-likeness (QED) is 0.749. The zero-order valence-corrected chi connectivity index (χ0v) is 10.4. The predicted octanol–water partition coefficient (Wildman–Crippen LogP) is 1.01. The Labute approximate surface area is 102 Å². The highest BCUT2D eigenvalue weighted by Crippen LogP contribution is 2.03. The Morgan fingerprint density at radius 3 is 2.65 bits per heavy atom. The van der Waals surface area contributed by atoms with Gasteiger partial charge in [0.05, 0.1) is 6.61 Å². The molecule has 0 aromatic heterocycles. The molecule has 0 bridgehead atoms. The van der Waals surface area contributed by atoms with Crippen LogP contribution < -0.4 is 5.73 Å². The lowest BCUT2D eigenvalue weighted by Gasteiger charge is -2.20. The molecule has 0 saturated carbocycles. The number of carbonyl (C=O) groups excluding carboxylic acids is 1. The number of ether oxygens (including phenoxy) is 1. The first-order chi connectivity index (χ1) is 8.13. The molecular weight excluding hydrogens is 216 g/mol. The maximum atomic E-state index is 11.4. The summed E-state index contributed by atoms with van der Waals surface area (Å²) in [4.78, 5) is 13.4. The topological polar surface area (TPSA) is 55.6 Å².